The van der Waals surface area contributed by atoms with E-state index in [0.29, 0.717) is 12.1 Å². The highest BCUT2D eigenvalue weighted by Gasteiger charge is 2.18. The van der Waals surface area contributed by atoms with Gasteiger partial charge in [-0.2, -0.15) is 0 Å². The summed E-state index contributed by atoms with van der Waals surface area (Å²) < 4.78 is 5.27. The molecule has 1 rings (SSSR count). The fourth-order valence-corrected chi connectivity index (χ4v) is 1.52. The Hall–Kier alpha value is -1.55. The zero-order chi connectivity index (χ0) is 13.8. The normalized spacial score (nSPS) is 11.2. The minimum absolute atomic E-state index is 0.0931. The lowest BCUT2D eigenvalue weighted by atomic mass is 10.1. The number of anilines is 1. The summed E-state index contributed by atoms with van der Waals surface area (Å²) in [6.07, 6.45) is 0. The Morgan fingerprint density at radius 2 is 2.06 bits per heavy atom. The lowest BCUT2D eigenvalue weighted by molar-refractivity contribution is 0.0229. The molecule has 0 atom stereocenters. The molecule has 0 fully saturated rings. The third-order valence-electron chi connectivity index (χ3n) is 2.92. The van der Waals surface area contributed by atoms with E-state index in [9.17, 15) is 4.79 Å². The Bertz CT molecular complexity index is 428. The molecule has 1 amide bonds. The van der Waals surface area contributed by atoms with Gasteiger partial charge < -0.3 is 15.4 Å². The quantitative estimate of drug-likeness (QED) is 0.842. The van der Waals surface area contributed by atoms with Crippen LogP contribution in [0.2, 0.25) is 0 Å². The molecule has 0 aliphatic carbocycles. The van der Waals surface area contributed by atoms with Gasteiger partial charge in [-0.05, 0) is 38.5 Å². The molecule has 0 unspecified atom stereocenters. The second kappa shape index (κ2) is 5.87. The first kappa shape index (κ1) is 14.5. The summed E-state index contributed by atoms with van der Waals surface area (Å²) in [7, 11) is 3.45. The van der Waals surface area contributed by atoms with Crippen LogP contribution in [0, 0.1) is 6.92 Å². The van der Waals surface area contributed by atoms with Crippen molar-refractivity contribution in [3.8, 4) is 0 Å². The number of nitrogens with one attached hydrogen (secondary N) is 2. The van der Waals surface area contributed by atoms with E-state index in [0.717, 1.165) is 11.3 Å². The zero-order valence-electron chi connectivity index (χ0n) is 11.8. The van der Waals surface area contributed by atoms with Crippen LogP contribution >= 0.6 is 0 Å². The van der Waals surface area contributed by atoms with E-state index in [1.807, 2.05) is 46.0 Å². The van der Waals surface area contributed by atoms with Crippen LogP contribution in [-0.2, 0) is 4.74 Å². The molecule has 4 heteroatoms. The number of carbonyl (C=O) groups excluding carboxylic acids is 1. The molecule has 1 aromatic carbocycles. The second-order valence-corrected chi connectivity index (χ2v) is 4.95. The van der Waals surface area contributed by atoms with Crippen LogP contribution in [0.4, 0.5) is 5.69 Å². The molecule has 0 aromatic heterocycles. The van der Waals surface area contributed by atoms with Crippen LogP contribution in [0.3, 0.4) is 0 Å². The van der Waals surface area contributed by atoms with Crippen molar-refractivity contribution in [3.63, 3.8) is 0 Å². The Kier molecular flexibility index (Phi) is 4.73. The molecular weight excluding hydrogens is 228 g/mol. The zero-order valence-corrected chi connectivity index (χ0v) is 11.8. The van der Waals surface area contributed by atoms with E-state index in [1.165, 1.54) is 0 Å². The predicted molar refractivity (Wildman–Crippen MR) is 74.1 cm³/mol. The first-order valence-electron chi connectivity index (χ1n) is 6.01. The Morgan fingerprint density at radius 3 is 2.61 bits per heavy atom. The number of benzene rings is 1. The summed E-state index contributed by atoms with van der Waals surface area (Å²) in [5.74, 6) is -0.0931. The van der Waals surface area contributed by atoms with E-state index in [1.54, 1.807) is 7.11 Å². The number of amides is 1. The van der Waals surface area contributed by atoms with E-state index < -0.39 is 0 Å². The summed E-state index contributed by atoms with van der Waals surface area (Å²) >= 11 is 0. The van der Waals surface area contributed by atoms with E-state index in [2.05, 4.69) is 10.6 Å². The van der Waals surface area contributed by atoms with Crippen molar-refractivity contribution in [3.05, 3.63) is 29.3 Å². The first-order valence-corrected chi connectivity index (χ1v) is 6.01. The highest BCUT2D eigenvalue weighted by Crippen LogP contribution is 2.17. The van der Waals surface area contributed by atoms with Crippen LogP contribution in [0.25, 0.3) is 0 Å². The van der Waals surface area contributed by atoms with Crippen molar-refractivity contribution in [2.45, 2.75) is 26.4 Å². The summed E-state index contributed by atoms with van der Waals surface area (Å²) in [6, 6.07) is 5.71. The van der Waals surface area contributed by atoms with Gasteiger partial charge >= 0.3 is 0 Å². The molecule has 0 aliphatic rings. The summed E-state index contributed by atoms with van der Waals surface area (Å²) in [6.45, 7) is 6.33. The fourth-order valence-electron chi connectivity index (χ4n) is 1.52. The SMILES string of the molecule is CNc1cc(C)ccc1C(=O)NCC(C)(C)OC. The Labute approximate surface area is 109 Å². The standard InChI is InChI=1S/C14H22N2O2/c1-10-6-7-11(12(8-10)15-4)13(17)16-9-14(2,3)18-5/h6-8,15H,9H2,1-5H3,(H,16,17). The maximum atomic E-state index is 12.1. The number of hydrogen-bond acceptors (Lipinski definition) is 3. The first-order chi connectivity index (χ1) is 8.39. The lowest BCUT2D eigenvalue weighted by Gasteiger charge is -2.23. The number of hydrogen-bond donors (Lipinski definition) is 2. The molecule has 0 radical (unpaired) electrons. The van der Waals surface area contributed by atoms with Gasteiger partial charge in [0.15, 0.2) is 0 Å². The Balaban J connectivity index is 2.79. The maximum Gasteiger partial charge on any atom is 0.253 e. The third-order valence-corrected chi connectivity index (χ3v) is 2.92. The molecule has 0 aliphatic heterocycles. The van der Waals surface area contributed by atoms with Gasteiger partial charge in [-0.3, -0.25) is 4.79 Å². The maximum absolute atomic E-state index is 12.1. The molecule has 0 saturated carbocycles. The highest BCUT2D eigenvalue weighted by molar-refractivity contribution is 5.99. The van der Waals surface area contributed by atoms with Gasteiger partial charge in [0.2, 0.25) is 0 Å². The number of aryl methyl sites for hydroxylation is 1. The third kappa shape index (κ3) is 3.74. The van der Waals surface area contributed by atoms with Gasteiger partial charge in [-0.25, -0.2) is 0 Å². The van der Waals surface area contributed by atoms with Crippen LogP contribution < -0.4 is 10.6 Å². The highest BCUT2D eigenvalue weighted by atomic mass is 16.5. The topological polar surface area (TPSA) is 50.4 Å². The van der Waals surface area contributed by atoms with Crippen LogP contribution in [0.15, 0.2) is 18.2 Å². The van der Waals surface area contributed by atoms with Crippen molar-refractivity contribution in [1.29, 1.82) is 0 Å². The van der Waals surface area contributed by atoms with Crippen molar-refractivity contribution >= 4 is 11.6 Å². The summed E-state index contributed by atoms with van der Waals surface area (Å²) in [5, 5.41) is 5.92. The van der Waals surface area contributed by atoms with Crippen LogP contribution in [-0.4, -0.2) is 32.2 Å². The number of ether oxygens (including phenoxy) is 1. The minimum Gasteiger partial charge on any atom is -0.387 e. The average molecular weight is 250 g/mol. The smallest absolute Gasteiger partial charge is 0.253 e. The van der Waals surface area contributed by atoms with Crippen LogP contribution in [0.1, 0.15) is 29.8 Å². The number of carbonyl (C=O) groups is 1. The summed E-state index contributed by atoms with van der Waals surface area (Å²) in [4.78, 5) is 12.1. The predicted octanol–water partition coefficient (Wildman–Crippen LogP) is 2.19. The second-order valence-electron chi connectivity index (χ2n) is 4.95. The van der Waals surface area contributed by atoms with Crippen molar-refractivity contribution in [2.24, 2.45) is 0 Å². The van der Waals surface area contributed by atoms with E-state index in [4.69, 9.17) is 4.74 Å². The van der Waals surface area contributed by atoms with Crippen molar-refractivity contribution in [2.75, 3.05) is 26.0 Å². The molecular formula is C14H22N2O2. The molecule has 100 valence electrons. The van der Waals surface area contributed by atoms with Gasteiger partial charge in [0.05, 0.1) is 11.2 Å². The van der Waals surface area contributed by atoms with Gasteiger partial charge in [-0.1, -0.05) is 6.07 Å². The molecule has 1 aromatic rings. The molecule has 0 bridgehead atoms. The number of methoxy groups -OCH3 is 1. The van der Waals surface area contributed by atoms with Gasteiger partial charge in [0.1, 0.15) is 0 Å². The molecule has 0 heterocycles. The monoisotopic (exact) mass is 250 g/mol. The molecule has 0 spiro atoms. The molecule has 0 saturated heterocycles. The summed E-state index contributed by atoms with van der Waals surface area (Å²) in [5.41, 5.74) is 2.24. The lowest BCUT2D eigenvalue weighted by Crippen LogP contribution is -2.39. The van der Waals surface area contributed by atoms with Gasteiger partial charge in [-0.15, -0.1) is 0 Å². The molecule has 4 nitrogen and oxygen atoms in total. The van der Waals surface area contributed by atoms with Crippen molar-refractivity contribution in [1.82, 2.24) is 5.32 Å². The number of rotatable bonds is 5. The van der Waals surface area contributed by atoms with E-state index in [-0.39, 0.29) is 11.5 Å². The largest absolute Gasteiger partial charge is 0.387 e. The van der Waals surface area contributed by atoms with Crippen LogP contribution in [0.5, 0.6) is 0 Å². The van der Waals surface area contributed by atoms with Crippen molar-refractivity contribution < 1.29 is 9.53 Å². The molecule has 18 heavy (non-hydrogen) atoms. The van der Waals surface area contributed by atoms with Gasteiger partial charge in [0.25, 0.3) is 5.91 Å². The van der Waals surface area contributed by atoms with E-state index >= 15 is 0 Å². The minimum atomic E-state index is -0.361. The fraction of sp³-hybridized carbons (Fsp3) is 0.500. The average Bonchev–Trinajstić information content (AvgIpc) is 2.36. The molecule has 2 N–H and O–H groups in total. The van der Waals surface area contributed by atoms with Gasteiger partial charge in [0, 0.05) is 26.4 Å². The Morgan fingerprint density at radius 1 is 1.39 bits per heavy atom.